The summed E-state index contributed by atoms with van der Waals surface area (Å²) in [6.45, 7) is 0. The predicted octanol–water partition coefficient (Wildman–Crippen LogP) is 13.1. The Bertz CT molecular complexity index is 3390. The van der Waals surface area contributed by atoms with Crippen molar-refractivity contribution >= 4 is 45.0 Å². The van der Waals surface area contributed by atoms with Gasteiger partial charge in [-0.15, -0.1) is 0 Å². The lowest BCUT2D eigenvalue weighted by molar-refractivity contribution is 0.360. The van der Waals surface area contributed by atoms with Crippen LogP contribution in [-0.4, -0.2) is 0 Å². The highest BCUT2D eigenvalue weighted by Crippen LogP contribution is 2.63. The maximum atomic E-state index is 15.9. The highest BCUT2D eigenvalue weighted by Gasteiger charge is 2.52. The second kappa shape index (κ2) is 12.3. The lowest BCUT2D eigenvalue weighted by Gasteiger charge is -2.31. The van der Waals surface area contributed by atoms with Crippen LogP contribution >= 0.6 is 7.14 Å². The molecule has 1 spiro atoms. The van der Waals surface area contributed by atoms with Crippen LogP contribution in [0.15, 0.2) is 205 Å². The third-order valence-corrected chi connectivity index (χ3v) is 15.9. The number of para-hydroxylation sites is 1. The molecule has 0 fully saturated rings. The zero-order chi connectivity index (χ0) is 39.6. The average molecular weight is 789 g/mol. The van der Waals surface area contributed by atoms with Crippen molar-refractivity contribution < 1.29 is 18.5 Å². The molecule has 2 heterocycles. The standard InChI is InChI=1S/C55H33O4P/c56-60(36-13-3-1-4-14-36,37-15-5-2-6-16-37)38-25-27-42-41-26-23-34(29-47(41)55(48(42)31-38)45-20-10-7-17-39(45)40-18-8-11-21-46(40)55)35-24-28-50-52(30-35)59-53-32-44-43-19-9-12-22-49(43)57-51(44)33-54(53)58-50/h1-33H. The van der Waals surface area contributed by atoms with Crippen LogP contribution in [0.2, 0.25) is 0 Å². The summed E-state index contributed by atoms with van der Waals surface area (Å²) in [6, 6.07) is 69.1. The van der Waals surface area contributed by atoms with E-state index in [0.717, 1.165) is 60.1 Å². The molecule has 0 saturated heterocycles. The Hall–Kier alpha value is -7.39. The quantitative estimate of drug-likeness (QED) is 0.167. The minimum absolute atomic E-state index is 0.626. The lowest BCUT2D eigenvalue weighted by Crippen LogP contribution is -2.29. The molecule has 2 aliphatic carbocycles. The van der Waals surface area contributed by atoms with Gasteiger partial charge in [-0.25, -0.2) is 0 Å². The van der Waals surface area contributed by atoms with Gasteiger partial charge in [-0.05, 0) is 92.0 Å². The SMILES string of the molecule is O=P(c1ccccc1)(c1ccccc1)c1ccc2c(c1)C1(c3ccccc3-c3ccccc31)c1cc(-c3ccc4c(c3)Oc3cc5c(cc3O4)oc3ccccc35)ccc1-2. The first-order chi connectivity index (χ1) is 29.6. The van der Waals surface area contributed by atoms with Crippen molar-refractivity contribution in [2.24, 2.45) is 0 Å². The van der Waals surface area contributed by atoms with Crippen molar-refractivity contribution in [1.82, 2.24) is 0 Å². The monoisotopic (exact) mass is 788 g/mol. The van der Waals surface area contributed by atoms with E-state index in [1.807, 2.05) is 97.1 Å². The van der Waals surface area contributed by atoms with Crippen LogP contribution < -0.4 is 25.4 Å². The third-order valence-electron chi connectivity index (χ3n) is 12.8. The van der Waals surface area contributed by atoms with E-state index in [1.54, 1.807) is 0 Å². The van der Waals surface area contributed by atoms with Gasteiger partial charge >= 0.3 is 0 Å². The molecule has 60 heavy (non-hydrogen) atoms. The van der Waals surface area contributed by atoms with Gasteiger partial charge in [0.1, 0.15) is 11.2 Å². The molecule has 282 valence electrons. The molecule has 0 amide bonds. The van der Waals surface area contributed by atoms with Crippen LogP contribution in [-0.2, 0) is 9.98 Å². The fourth-order valence-corrected chi connectivity index (χ4v) is 12.9. The van der Waals surface area contributed by atoms with Crippen molar-refractivity contribution in [1.29, 1.82) is 0 Å². The number of benzene rings is 9. The van der Waals surface area contributed by atoms with E-state index in [1.165, 1.54) is 33.4 Å². The molecule has 0 radical (unpaired) electrons. The third kappa shape index (κ3) is 4.49. The van der Waals surface area contributed by atoms with E-state index in [-0.39, 0.29) is 0 Å². The first kappa shape index (κ1) is 33.6. The summed E-state index contributed by atoms with van der Waals surface area (Å²) in [4.78, 5) is 0. The number of hydrogen-bond donors (Lipinski definition) is 0. The molecule has 9 aromatic carbocycles. The predicted molar refractivity (Wildman–Crippen MR) is 241 cm³/mol. The van der Waals surface area contributed by atoms with Gasteiger partial charge in [-0.3, -0.25) is 0 Å². The summed E-state index contributed by atoms with van der Waals surface area (Å²) < 4.78 is 35.1. The molecule has 4 nitrogen and oxygen atoms in total. The molecule has 1 aliphatic heterocycles. The molecule has 1 aromatic heterocycles. The topological polar surface area (TPSA) is 48.7 Å². The van der Waals surface area contributed by atoms with E-state index < -0.39 is 12.6 Å². The normalized spacial score (nSPS) is 13.8. The number of ether oxygens (including phenoxy) is 2. The molecule has 0 saturated carbocycles. The first-order valence-corrected chi connectivity index (χ1v) is 22.0. The lowest BCUT2D eigenvalue weighted by atomic mass is 9.70. The summed E-state index contributed by atoms with van der Waals surface area (Å²) in [5.41, 5.74) is 12.6. The van der Waals surface area contributed by atoms with Crippen LogP contribution in [0, 0.1) is 0 Å². The van der Waals surface area contributed by atoms with Crippen LogP contribution in [0.25, 0.3) is 55.3 Å². The Labute approximate surface area is 346 Å². The van der Waals surface area contributed by atoms with Crippen LogP contribution in [0.4, 0.5) is 0 Å². The fraction of sp³-hybridized carbons (Fsp3) is 0.0182. The zero-order valence-corrected chi connectivity index (χ0v) is 33.0. The summed E-state index contributed by atoms with van der Waals surface area (Å²) in [6.07, 6.45) is 0. The van der Waals surface area contributed by atoms with Gasteiger partial charge in [0.05, 0.1) is 5.41 Å². The molecule has 0 N–H and O–H groups in total. The molecular formula is C55H33O4P. The molecule has 13 rings (SSSR count). The molecule has 3 aliphatic rings. The molecule has 0 bridgehead atoms. The van der Waals surface area contributed by atoms with Gasteiger partial charge in [0.15, 0.2) is 30.1 Å². The Morgan fingerprint density at radius 2 is 0.883 bits per heavy atom. The van der Waals surface area contributed by atoms with Gasteiger partial charge in [0, 0.05) is 32.8 Å². The number of furan rings is 1. The fourth-order valence-electron chi connectivity index (χ4n) is 10.2. The molecule has 10 aromatic rings. The smallest absolute Gasteiger partial charge is 0.173 e. The van der Waals surface area contributed by atoms with Gasteiger partial charge in [-0.2, -0.15) is 0 Å². The average Bonchev–Trinajstić information content (AvgIpc) is 3.93. The largest absolute Gasteiger partial charge is 0.456 e. The van der Waals surface area contributed by atoms with E-state index in [4.69, 9.17) is 13.9 Å². The van der Waals surface area contributed by atoms with Gasteiger partial charge in [-0.1, -0.05) is 158 Å². The van der Waals surface area contributed by atoms with Crippen molar-refractivity contribution in [3.8, 4) is 56.4 Å². The second-order valence-corrected chi connectivity index (χ2v) is 18.6. The Morgan fingerprint density at radius 1 is 0.350 bits per heavy atom. The summed E-state index contributed by atoms with van der Waals surface area (Å²) >= 11 is 0. The van der Waals surface area contributed by atoms with Crippen molar-refractivity contribution in [3.05, 3.63) is 222 Å². The zero-order valence-electron chi connectivity index (χ0n) is 32.1. The highest BCUT2D eigenvalue weighted by molar-refractivity contribution is 7.85. The number of fused-ring (bicyclic) bond motifs is 15. The Balaban J connectivity index is 0.995. The van der Waals surface area contributed by atoms with Crippen molar-refractivity contribution in [2.75, 3.05) is 0 Å². The van der Waals surface area contributed by atoms with E-state index in [9.17, 15) is 0 Å². The van der Waals surface area contributed by atoms with E-state index in [0.29, 0.717) is 23.0 Å². The molecule has 5 heteroatoms. The van der Waals surface area contributed by atoms with Gasteiger partial charge in [0.2, 0.25) is 0 Å². The van der Waals surface area contributed by atoms with Crippen molar-refractivity contribution in [3.63, 3.8) is 0 Å². The minimum atomic E-state index is -3.28. The Kier molecular flexibility index (Phi) is 6.89. The van der Waals surface area contributed by atoms with Crippen LogP contribution in [0.3, 0.4) is 0 Å². The minimum Gasteiger partial charge on any atom is -0.456 e. The second-order valence-electron chi connectivity index (χ2n) is 15.9. The Morgan fingerprint density at radius 3 is 1.62 bits per heavy atom. The van der Waals surface area contributed by atoms with Gasteiger partial charge < -0.3 is 18.5 Å². The highest BCUT2D eigenvalue weighted by atomic mass is 31.2. The number of hydrogen-bond acceptors (Lipinski definition) is 4. The maximum absolute atomic E-state index is 15.9. The maximum Gasteiger partial charge on any atom is 0.173 e. The van der Waals surface area contributed by atoms with Crippen LogP contribution in [0.1, 0.15) is 22.3 Å². The molecule has 0 atom stereocenters. The molecular weight excluding hydrogens is 756 g/mol. The van der Waals surface area contributed by atoms with E-state index in [2.05, 4.69) is 103 Å². The first-order valence-electron chi connectivity index (χ1n) is 20.3. The van der Waals surface area contributed by atoms with E-state index >= 15 is 4.57 Å². The van der Waals surface area contributed by atoms with Crippen molar-refractivity contribution in [2.45, 2.75) is 5.41 Å². The summed E-state index contributed by atoms with van der Waals surface area (Å²) in [5, 5.41) is 4.48. The van der Waals surface area contributed by atoms with Crippen LogP contribution in [0.5, 0.6) is 23.0 Å². The summed E-state index contributed by atoms with van der Waals surface area (Å²) in [7, 11) is -3.28. The van der Waals surface area contributed by atoms with Gasteiger partial charge in [0.25, 0.3) is 0 Å². The number of rotatable bonds is 4. The molecule has 0 unspecified atom stereocenters. The summed E-state index contributed by atoms with van der Waals surface area (Å²) in [5.74, 6) is 2.59.